The van der Waals surface area contributed by atoms with Crippen LogP contribution in [0.3, 0.4) is 0 Å². The smallest absolute Gasteiger partial charge is 0.744 e. The predicted molar refractivity (Wildman–Crippen MR) is 87.9 cm³/mol. The van der Waals surface area contributed by atoms with Crippen molar-refractivity contribution < 1.29 is 40.1 Å². The molecular formula is C14H10AuN5O4S2. The molecule has 138 valence electrons. The molecule has 2 aromatic carbocycles. The van der Waals surface area contributed by atoms with Crippen LogP contribution in [0, 0.1) is 0 Å². The van der Waals surface area contributed by atoms with E-state index in [0.29, 0.717) is 5.69 Å². The van der Waals surface area contributed by atoms with Crippen molar-refractivity contribution in [2.24, 2.45) is 0 Å². The van der Waals surface area contributed by atoms with Gasteiger partial charge in [0.2, 0.25) is 0 Å². The van der Waals surface area contributed by atoms with Gasteiger partial charge in [-0.3, -0.25) is 4.79 Å². The summed E-state index contributed by atoms with van der Waals surface area (Å²) in [5.74, 6) is -0.698. The maximum Gasteiger partial charge on any atom is 1.00 e. The monoisotopic (exact) mass is 573 g/mol. The van der Waals surface area contributed by atoms with Gasteiger partial charge in [-0.1, -0.05) is 22.4 Å². The summed E-state index contributed by atoms with van der Waals surface area (Å²) in [5, 5.41) is 13.7. The first-order valence-electron chi connectivity index (χ1n) is 6.81. The third-order valence-corrected chi connectivity index (χ3v) is 4.70. The number of benzene rings is 2. The minimum Gasteiger partial charge on any atom is -0.744 e. The van der Waals surface area contributed by atoms with Crippen LogP contribution < -0.4 is 5.32 Å². The van der Waals surface area contributed by atoms with Crippen molar-refractivity contribution in [1.29, 1.82) is 0 Å². The number of nitrogens with one attached hydrogen (secondary N) is 1. The summed E-state index contributed by atoms with van der Waals surface area (Å²) >= 11 is 1.17. The average Bonchev–Trinajstić information content (AvgIpc) is 3.07. The average molecular weight is 573 g/mol. The molecule has 0 saturated heterocycles. The van der Waals surface area contributed by atoms with Crippen molar-refractivity contribution in [3.8, 4) is 0 Å². The van der Waals surface area contributed by atoms with Crippen molar-refractivity contribution in [1.82, 2.24) is 19.6 Å². The van der Waals surface area contributed by atoms with Gasteiger partial charge in [0.1, 0.15) is 10.1 Å². The Balaban J connectivity index is 0.00000243. The fourth-order valence-electron chi connectivity index (χ4n) is 2.00. The minimum atomic E-state index is -4.75. The van der Waals surface area contributed by atoms with E-state index in [1.165, 1.54) is 40.7 Å². The molecule has 0 radical (unpaired) electrons. The standard InChI is InChI=1S/C14H11N5O4S2.Au/c20-14(12-6-1-2-7-13(12)25(21,22)23)17-10-4-3-5-11(8-10)24-19-16-9-15-18-19;/h1-9H,(H,17,20)(H,21,22,23);/q;+1/p-1. The summed E-state index contributed by atoms with van der Waals surface area (Å²) < 4.78 is 35.1. The summed E-state index contributed by atoms with van der Waals surface area (Å²) in [5.41, 5.74) is 0.210. The number of anilines is 1. The number of hydrogen-bond acceptors (Lipinski definition) is 8. The Kier molecular flexibility index (Phi) is 6.69. The largest absolute Gasteiger partial charge is 1.00 e. The normalized spacial score (nSPS) is 10.8. The van der Waals surface area contributed by atoms with E-state index in [1.807, 2.05) is 0 Å². The Bertz CT molecular complexity index is 1010. The fraction of sp³-hybridized carbons (Fsp3) is 0. The number of rotatable bonds is 5. The van der Waals surface area contributed by atoms with Gasteiger partial charge >= 0.3 is 22.4 Å². The van der Waals surface area contributed by atoms with E-state index in [2.05, 4.69) is 20.7 Å². The first kappa shape index (κ1) is 20.3. The van der Waals surface area contributed by atoms with Crippen LogP contribution in [-0.2, 0) is 32.5 Å². The predicted octanol–water partition coefficient (Wildman–Crippen LogP) is 1.38. The third kappa shape index (κ3) is 5.00. The number of hydrogen-bond donors (Lipinski definition) is 1. The van der Waals surface area contributed by atoms with Crippen molar-refractivity contribution in [2.45, 2.75) is 9.79 Å². The molecule has 1 N–H and O–H groups in total. The molecule has 1 amide bonds. The Hall–Kier alpha value is -2.02. The van der Waals surface area contributed by atoms with E-state index < -0.39 is 20.9 Å². The van der Waals surface area contributed by atoms with Gasteiger partial charge < -0.3 is 9.87 Å². The molecule has 9 nitrogen and oxygen atoms in total. The van der Waals surface area contributed by atoms with Gasteiger partial charge in [0.25, 0.3) is 5.91 Å². The molecule has 0 aliphatic heterocycles. The van der Waals surface area contributed by atoms with Gasteiger partial charge in [-0.05, 0) is 35.5 Å². The van der Waals surface area contributed by atoms with E-state index in [4.69, 9.17) is 0 Å². The van der Waals surface area contributed by atoms with Gasteiger partial charge in [0.15, 0.2) is 6.33 Å². The van der Waals surface area contributed by atoms with Crippen LogP contribution in [0.15, 0.2) is 64.6 Å². The van der Waals surface area contributed by atoms with E-state index >= 15 is 0 Å². The van der Waals surface area contributed by atoms with Crippen LogP contribution in [0.5, 0.6) is 0 Å². The molecule has 1 heterocycles. The SMILES string of the molecule is O=C(Nc1cccc(Sn2ncnn2)c1)c1ccccc1S(=O)(=O)[O-].[Au+]. The molecule has 0 bridgehead atoms. The van der Waals surface area contributed by atoms with Crippen LogP contribution >= 0.6 is 11.9 Å². The van der Waals surface area contributed by atoms with Gasteiger partial charge in [0.05, 0.1) is 10.5 Å². The van der Waals surface area contributed by atoms with Crippen molar-refractivity contribution in [3.63, 3.8) is 0 Å². The first-order valence-corrected chi connectivity index (χ1v) is 8.99. The Morgan fingerprint density at radius 1 is 1.15 bits per heavy atom. The van der Waals surface area contributed by atoms with Crippen molar-refractivity contribution >= 4 is 33.7 Å². The molecule has 3 aromatic rings. The van der Waals surface area contributed by atoms with Gasteiger partial charge in [-0.25, -0.2) is 8.42 Å². The summed E-state index contributed by atoms with van der Waals surface area (Å²) in [6.07, 6.45) is 1.29. The van der Waals surface area contributed by atoms with Crippen LogP contribution in [-0.4, -0.2) is 38.5 Å². The molecule has 1 aromatic heterocycles. The Morgan fingerprint density at radius 2 is 1.92 bits per heavy atom. The summed E-state index contributed by atoms with van der Waals surface area (Å²) in [4.78, 5) is 12.5. The van der Waals surface area contributed by atoms with Crippen LogP contribution in [0.1, 0.15) is 10.4 Å². The topological polar surface area (TPSA) is 130 Å². The Morgan fingerprint density at radius 3 is 2.62 bits per heavy atom. The molecule has 3 rings (SSSR count). The second kappa shape index (κ2) is 8.58. The molecule has 0 spiro atoms. The molecular weight excluding hydrogens is 563 g/mol. The molecule has 0 aliphatic carbocycles. The molecule has 0 saturated carbocycles. The maximum atomic E-state index is 12.3. The third-order valence-electron chi connectivity index (χ3n) is 3.01. The summed E-state index contributed by atoms with van der Waals surface area (Å²) in [6, 6.07) is 12.0. The van der Waals surface area contributed by atoms with Gasteiger partial charge in [0, 0.05) is 22.5 Å². The summed E-state index contributed by atoms with van der Waals surface area (Å²) in [7, 11) is -4.75. The molecule has 0 aliphatic rings. The Labute approximate surface area is 168 Å². The fourth-order valence-corrected chi connectivity index (χ4v) is 3.35. The van der Waals surface area contributed by atoms with Crippen LogP contribution in [0.25, 0.3) is 0 Å². The zero-order valence-corrected chi connectivity index (χ0v) is 16.5. The zero-order valence-electron chi connectivity index (χ0n) is 12.7. The maximum absolute atomic E-state index is 12.3. The van der Waals surface area contributed by atoms with E-state index in [9.17, 15) is 17.8 Å². The number of carbonyl (C=O) groups excluding carboxylic acids is 1. The second-order valence-electron chi connectivity index (χ2n) is 4.71. The van der Waals surface area contributed by atoms with Crippen LogP contribution in [0.4, 0.5) is 5.69 Å². The van der Waals surface area contributed by atoms with Gasteiger partial charge in [-0.15, -0.1) is 10.2 Å². The van der Waals surface area contributed by atoms with E-state index in [-0.39, 0.29) is 27.9 Å². The van der Waals surface area contributed by atoms with Crippen LogP contribution in [0.2, 0.25) is 0 Å². The molecule has 0 atom stereocenters. The van der Waals surface area contributed by atoms with Gasteiger partial charge in [-0.2, -0.15) is 0 Å². The van der Waals surface area contributed by atoms with E-state index in [0.717, 1.165) is 11.0 Å². The van der Waals surface area contributed by atoms with Crippen molar-refractivity contribution in [3.05, 3.63) is 60.4 Å². The number of tetrazole rings is 1. The number of carbonyl (C=O) groups is 1. The minimum absolute atomic E-state index is 0. The summed E-state index contributed by atoms with van der Waals surface area (Å²) in [6.45, 7) is 0. The molecule has 26 heavy (non-hydrogen) atoms. The molecule has 0 unspecified atom stereocenters. The second-order valence-corrected chi connectivity index (χ2v) is 7.04. The quantitative estimate of drug-likeness (QED) is 0.358. The number of aromatic nitrogens is 4. The first-order chi connectivity index (χ1) is 11.9. The molecule has 12 heteroatoms. The number of amides is 1. The van der Waals surface area contributed by atoms with Crippen molar-refractivity contribution in [2.75, 3.05) is 5.32 Å². The molecule has 0 fully saturated rings. The van der Waals surface area contributed by atoms with E-state index in [1.54, 1.807) is 24.3 Å². The zero-order chi connectivity index (χ0) is 17.9. The number of nitrogens with zero attached hydrogens (tertiary/aromatic N) is 4.